The maximum atomic E-state index is 14.2. The zero-order valence-electron chi connectivity index (χ0n) is 14.9. The van der Waals surface area contributed by atoms with Crippen molar-refractivity contribution < 1.29 is 8.81 Å². The topological polar surface area (TPSA) is 43.0 Å². The predicted octanol–water partition coefficient (Wildman–Crippen LogP) is 4.92. The first kappa shape index (κ1) is 16.3. The summed E-state index contributed by atoms with van der Waals surface area (Å²) < 4.78 is 21.9. The van der Waals surface area contributed by atoms with Gasteiger partial charge in [0.1, 0.15) is 22.8 Å². The van der Waals surface area contributed by atoms with Gasteiger partial charge in [-0.2, -0.15) is 5.10 Å². The predicted molar refractivity (Wildman–Crippen MR) is 102 cm³/mol. The van der Waals surface area contributed by atoms with E-state index in [0.717, 1.165) is 47.2 Å². The Bertz CT molecular complexity index is 1060. The second-order valence-corrected chi connectivity index (χ2v) is 6.99. The third-order valence-electron chi connectivity index (χ3n) is 5.26. The Kier molecular flexibility index (Phi) is 4.02. The van der Waals surface area contributed by atoms with Crippen molar-refractivity contribution in [1.29, 1.82) is 0 Å². The largest absolute Gasteiger partial charge is 0.460 e. The normalized spacial score (nSPS) is 16.6. The Morgan fingerprint density at radius 2 is 2.00 bits per heavy atom. The van der Waals surface area contributed by atoms with Crippen molar-refractivity contribution in [1.82, 2.24) is 15.1 Å². The van der Waals surface area contributed by atoms with Crippen LogP contribution in [0.3, 0.4) is 0 Å². The molecule has 0 saturated carbocycles. The minimum absolute atomic E-state index is 0.197. The number of para-hydroxylation sites is 2. The quantitative estimate of drug-likeness (QED) is 0.561. The van der Waals surface area contributed by atoms with Gasteiger partial charge in [-0.05, 0) is 43.5 Å². The van der Waals surface area contributed by atoms with E-state index in [4.69, 9.17) is 4.42 Å². The first-order valence-electron chi connectivity index (χ1n) is 9.32. The molecule has 27 heavy (non-hydrogen) atoms. The summed E-state index contributed by atoms with van der Waals surface area (Å²) in [6.45, 7) is 0.656. The molecule has 2 aromatic carbocycles. The van der Waals surface area contributed by atoms with Gasteiger partial charge in [-0.3, -0.25) is 0 Å². The highest BCUT2D eigenvalue weighted by atomic mass is 19.1. The first-order chi connectivity index (χ1) is 13.3. The fourth-order valence-electron chi connectivity index (χ4n) is 3.95. The second-order valence-electron chi connectivity index (χ2n) is 6.99. The van der Waals surface area contributed by atoms with Crippen molar-refractivity contribution >= 4 is 11.0 Å². The maximum Gasteiger partial charge on any atom is 0.148 e. The molecular weight excluding hydrogens is 341 g/mol. The zero-order chi connectivity index (χ0) is 18.2. The summed E-state index contributed by atoms with van der Waals surface area (Å²) in [4.78, 5) is 0. The summed E-state index contributed by atoms with van der Waals surface area (Å²) >= 11 is 0. The van der Waals surface area contributed by atoms with Gasteiger partial charge < -0.3 is 9.73 Å². The molecule has 5 rings (SSSR count). The van der Waals surface area contributed by atoms with Gasteiger partial charge in [-0.1, -0.05) is 30.3 Å². The number of furan rings is 1. The Morgan fingerprint density at radius 3 is 2.89 bits per heavy atom. The molecule has 136 valence electrons. The lowest BCUT2D eigenvalue weighted by Gasteiger charge is -2.24. The summed E-state index contributed by atoms with van der Waals surface area (Å²) in [5.74, 6) is 0.672. The summed E-state index contributed by atoms with van der Waals surface area (Å²) in [7, 11) is 0. The summed E-state index contributed by atoms with van der Waals surface area (Å²) in [5, 5.41) is 9.19. The Hall–Kier alpha value is -2.92. The Balaban J connectivity index is 1.39. The van der Waals surface area contributed by atoms with Crippen LogP contribution in [-0.2, 0) is 13.0 Å². The van der Waals surface area contributed by atoms with Gasteiger partial charge in [0.05, 0.1) is 12.7 Å². The van der Waals surface area contributed by atoms with Crippen LogP contribution >= 0.6 is 0 Å². The van der Waals surface area contributed by atoms with E-state index in [0.29, 0.717) is 12.2 Å². The molecule has 4 nitrogen and oxygen atoms in total. The minimum Gasteiger partial charge on any atom is -0.460 e. The van der Waals surface area contributed by atoms with Gasteiger partial charge in [0.2, 0.25) is 0 Å². The molecule has 0 saturated heterocycles. The van der Waals surface area contributed by atoms with E-state index in [1.54, 1.807) is 16.8 Å². The van der Waals surface area contributed by atoms with E-state index < -0.39 is 0 Å². The summed E-state index contributed by atoms with van der Waals surface area (Å²) in [6, 6.07) is 17.1. The van der Waals surface area contributed by atoms with Crippen LogP contribution in [-0.4, -0.2) is 9.78 Å². The van der Waals surface area contributed by atoms with Crippen LogP contribution < -0.4 is 5.32 Å². The molecule has 0 amide bonds. The third-order valence-corrected chi connectivity index (χ3v) is 5.26. The molecule has 0 bridgehead atoms. The molecule has 2 aromatic heterocycles. The van der Waals surface area contributed by atoms with Crippen LogP contribution in [0.1, 0.15) is 35.9 Å². The van der Waals surface area contributed by atoms with Gasteiger partial charge in [0, 0.05) is 22.7 Å². The van der Waals surface area contributed by atoms with E-state index in [2.05, 4.69) is 22.5 Å². The van der Waals surface area contributed by atoms with Gasteiger partial charge in [-0.25, -0.2) is 9.07 Å². The molecule has 1 unspecified atom stereocenters. The molecule has 5 heteroatoms. The number of nitrogens with zero attached hydrogens (tertiary/aromatic N) is 2. The van der Waals surface area contributed by atoms with E-state index >= 15 is 0 Å². The molecular formula is C22H20FN3O. The van der Waals surface area contributed by atoms with Gasteiger partial charge >= 0.3 is 0 Å². The first-order valence-corrected chi connectivity index (χ1v) is 9.32. The van der Waals surface area contributed by atoms with Gasteiger partial charge in [0.15, 0.2) is 0 Å². The Labute approximate surface area is 156 Å². The van der Waals surface area contributed by atoms with Gasteiger partial charge in [0.25, 0.3) is 0 Å². The highest BCUT2D eigenvalue weighted by molar-refractivity contribution is 5.77. The Morgan fingerprint density at radius 1 is 1.15 bits per heavy atom. The number of aromatic nitrogens is 2. The van der Waals surface area contributed by atoms with E-state index in [1.165, 1.54) is 6.07 Å². The molecule has 1 N–H and O–H groups in total. The zero-order valence-corrected chi connectivity index (χ0v) is 14.9. The van der Waals surface area contributed by atoms with Crippen LogP contribution in [0.5, 0.6) is 0 Å². The molecule has 0 radical (unpaired) electrons. The van der Waals surface area contributed by atoms with Crippen molar-refractivity contribution in [2.24, 2.45) is 0 Å². The smallest absolute Gasteiger partial charge is 0.148 e. The summed E-state index contributed by atoms with van der Waals surface area (Å²) in [6.07, 6.45) is 4.87. The van der Waals surface area contributed by atoms with Crippen molar-refractivity contribution in [2.45, 2.75) is 31.8 Å². The molecule has 1 atom stereocenters. The molecule has 1 aliphatic carbocycles. The van der Waals surface area contributed by atoms with Crippen molar-refractivity contribution in [3.8, 4) is 5.69 Å². The number of nitrogens with one attached hydrogen (secondary N) is 1. The van der Waals surface area contributed by atoms with Crippen LogP contribution in [0.4, 0.5) is 4.39 Å². The lowest BCUT2D eigenvalue weighted by Crippen LogP contribution is -2.25. The van der Waals surface area contributed by atoms with E-state index in [9.17, 15) is 4.39 Å². The average Bonchev–Trinajstić information content (AvgIpc) is 3.31. The fourth-order valence-corrected chi connectivity index (χ4v) is 3.95. The van der Waals surface area contributed by atoms with Crippen LogP contribution in [0.2, 0.25) is 0 Å². The molecule has 2 heterocycles. The standard InChI is InChI=1S/C22H20FN3O/c23-18-7-2-3-9-21(18)26-20-10-5-8-19(17(20)14-25-26)24-13-16-12-15-6-1-4-11-22(15)27-16/h1-4,6-7,9,11-12,14,19,24H,5,8,10,13H2. The van der Waals surface area contributed by atoms with Crippen molar-refractivity contribution in [3.05, 3.63) is 83.6 Å². The lowest BCUT2D eigenvalue weighted by molar-refractivity contribution is 0.423. The number of fused-ring (bicyclic) bond motifs is 2. The van der Waals surface area contributed by atoms with Crippen LogP contribution in [0.25, 0.3) is 16.7 Å². The number of halogens is 1. The number of hydrogen-bond donors (Lipinski definition) is 1. The highest BCUT2D eigenvalue weighted by Crippen LogP contribution is 2.32. The third kappa shape index (κ3) is 2.94. The van der Waals surface area contributed by atoms with Crippen LogP contribution in [0, 0.1) is 5.82 Å². The van der Waals surface area contributed by atoms with Gasteiger partial charge in [-0.15, -0.1) is 0 Å². The second kappa shape index (κ2) is 6.67. The average molecular weight is 361 g/mol. The summed E-state index contributed by atoms with van der Waals surface area (Å²) in [5.41, 5.74) is 3.66. The van der Waals surface area contributed by atoms with Crippen molar-refractivity contribution in [3.63, 3.8) is 0 Å². The SMILES string of the molecule is Fc1ccccc1-n1ncc2c1CCCC2NCc1cc2ccccc2o1. The molecule has 0 spiro atoms. The number of benzene rings is 2. The van der Waals surface area contributed by atoms with Crippen molar-refractivity contribution in [2.75, 3.05) is 0 Å². The van der Waals surface area contributed by atoms with Crippen LogP contribution in [0.15, 0.2) is 65.2 Å². The minimum atomic E-state index is -0.249. The number of rotatable bonds is 4. The fraction of sp³-hybridized carbons (Fsp3) is 0.227. The maximum absolute atomic E-state index is 14.2. The molecule has 0 fully saturated rings. The lowest BCUT2D eigenvalue weighted by atomic mass is 9.93. The van der Waals surface area contributed by atoms with E-state index in [-0.39, 0.29) is 11.9 Å². The molecule has 0 aliphatic heterocycles. The molecule has 4 aromatic rings. The highest BCUT2D eigenvalue weighted by Gasteiger charge is 2.25. The van der Waals surface area contributed by atoms with E-state index in [1.807, 2.05) is 30.5 Å². The number of hydrogen-bond acceptors (Lipinski definition) is 3. The monoisotopic (exact) mass is 361 g/mol. The molecule has 1 aliphatic rings.